The summed E-state index contributed by atoms with van der Waals surface area (Å²) in [4.78, 5) is 13.6. The van der Waals surface area contributed by atoms with Gasteiger partial charge in [0, 0.05) is 30.8 Å². The fourth-order valence-corrected chi connectivity index (χ4v) is 3.51. The number of pyridine rings is 2. The lowest BCUT2D eigenvalue weighted by molar-refractivity contribution is -0.0252. The number of hydrogen-bond acceptors (Lipinski definition) is 7. The van der Waals surface area contributed by atoms with Crippen LogP contribution in [-0.2, 0) is 11.4 Å². The van der Waals surface area contributed by atoms with Crippen molar-refractivity contribution in [3.63, 3.8) is 0 Å². The molecule has 0 bridgehead atoms. The van der Waals surface area contributed by atoms with Crippen molar-refractivity contribution in [1.29, 1.82) is 0 Å². The van der Waals surface area contributed by atoms with Gasteiger partial charge in [-0.15, -0.1) is 0 Å². The highest BCUT2D eigenvalue weighted by Crippen LogP contribution is 2.32. The molecule has 0 amide bonds. The second-order valence-electron chi connectivity index (χ2n) is 8.42. The predicted molar refractivity (Wildman–Crippen MR) is 121 cm³/mol. The van der Waals surface area contributed by atoms with Gasteiger partial charge in [0.2, 0.25) is 0 Å². The average Bonchev–Trinajstić information content (AvgIpc) is 3.13. The molecular weight excluding hydrogens is 476 g/mol. The van der Waals surface area contributed by atoms with Gasteiger partial charge >= 0.3 is 0 Å². The van der Waals surface area contributed by atoms with Gasteiger partial charge in [0.05, 0.1) is 18.1 Å². The first-order chi connectivity index (χ1) is 16.0. The number of aromatic nitrogens is 3. The summed E-state index contributed by atoms with van der Waals surface area (Å²) < 4.78 is 66.4. The minimum Gasteiger partial charge on any atom is -0.482 e. The molecule has 3 heterocycles. The standard InChI is InChI=1S/C22H26F4N4O3S/c1-21(2,5-6-34-4)29-32-12-15-10-30-11-18(16(24)8-19(30)28-15)33-20-17(7-14(23)9-27-20)31-13-22(3,25)26/h7-11,29H,5-6,12-13H2,1-4H3. The maximum atomic E-state index is 14.6. The molecule has 0 radical (unpaired) electrons. The smallest absolute Gasteiger partial charge is 0.278 e. The van der Waals surface area contributed by atoms with Crippen molar-refractivity contribution in [3.05, 3.63) is 48.1 Å². The van der Waals surface area contributed by atoms with Gasteiger partial charge in [0.25, 0.3) is 11.8 Å². The second kappa shape index (κ2) is 10.8. The summed E-state index contributed by atoms with van der Waals surface area (Å²) in [6.45, 7) is 3.81. The fraction of sp³-hybridized carbons (Fsp3) is 0.455. The first-order valence-electron chi connectivity index (χ1n) is 10.3. The number of halogens is 4. The number of hydrogen-bond donors (Lipinski definition) is 1. The van der Waals surface area contributed by atoms with Gasteiger partial charge in [-0.05, 0) is 32.3 Å². The summed E-state index contributed by atoms with van der Waals surface area (Å²) >= 11 is 1.75. The lowest BCUT2D eigenvalue weighted by Crippen LogP contribution is -2.39. The number of thioether (sulfide) groups is 1. The maximum absolute atomic E-state index is 14.6. The van der Waals surface area contributed by atoms with Crippen LogP contribution in [0.4, 0.5) is 17.6 Å². The van der Waals surface area contributed by atoms with Crippen LogP contribution in [-0.4, -0.2) is 44.4 Å². The molecule has 3 aromatic heterocycles. The Bertz CT molecular complexity index is 1120. The van der Waals surface area contributed by atoms with Crippen LogP contribution in [0.15, 0.2) is 30.7 Å². The van der Waals surface area contributed by atoms with Crippen molar-refractivity contribution in [2.75, 3.05) is 18.6 Å². The molecule has 0 spiro atoms. The molecular formula is C22H26F4N4O3S. The van der Waals surface area contributed by atoms with Crippen LogP contribution < -0.4 is 15.0 Å². The molecule has 12 heteroatoms. The molecule has 0 aromatic carbocycles. The molecule has 0 saturated heterocycles. The lowest BCUT2D eigenvalue weighted by Gasteiger charge is -2.25. The zero-order chi connectivity index (χ0) is 24.9. The van der Waals surface area contributed by atoms with E-state index in [2.05, 4.69) is 15.4 Å². The summed E-state index contributed by atoms with van der Waals surface area (Å²) in [5.41, 5.74) is 3.63. The SMILES string of the molecule is CSCCC(C)(C)NOCc1cn2cc(Oc3ncc(F)cc3OCC(C)(F)F)c(F)cc2n1. The van der Waals surface area contributed by atoms with E-state index in [1.165, 1.54) is 10.6 Å². The van der Waals surface area contributed by atoms with Crippen LogP contribution in [0.5, 0.6) is 17.4 Å². The van der Waals surface area contributed by atoms with Gasteiger partial charge in [0.1, 0.15) is 18.1 Å². The summed E-state index contributed by atoms with van der Waals surface area (Å²) in [7, 11) is 0. The average molecular weight is 503 g/mol. The first kappa shape index (κ1) is 26.0. The fourth-order valence-electron chi connectivity index (χ4n) is 2.80. The number of hydroxylamine groups is 1. The number of alkyl halides is 2. The summed E-state index contributed by atoms with van der Waals surface area (Å²) in [6.07, 6.45) is 6.69. The molecule has 1 N–H and O–H groups in total. The number of imidazole rings is 1. The molecule has 0 atom stereocenters. The molecule has 0 unspecified atom stereocenters. The minimum absolute atomic E-state index is 0.144. The molecule has 3 rings (SSSR count). The van der Waals surface area contributed by atoms with Crippen LogP contribution in [0.2, 0.25) is 0 Å². The van der Waals surface area contributed by atoms with Crippen molar-refractivity contribution in [3.8, 4) is 17.4 Å². The van der Waals surface area contributed by atoms with E-state index >= 15 is 0 Å². The van der Waals surface area contributed by atoms with Crippen molar-refractivity contribution < 1.29 is 31.9 Å². The monoisotopic (exact) mass is 502 g/mol. The third-order valence-corrected chi connectivity index (χ3v) is 5.14. The van der Waals surface area contributed by atoms with Crippen LogP contribution in [0.25, 0.3) is 5.65 Å². The van der Waals surface area contributed by atoms with Crippen LogP contribution in [0, 0.1) is 11.6 Å². The quantitative estimate of drug-likeness (QED) is 0.263. The normalized spacial score (nSPS) is 12.4. The molecule has 0 saturated carbocycles. The number of fused-ring (bicyclic) bond motifs is 1. The number of nitrogens with zero attached hydrogens (tertiary/aromatic N) is 3. The predicted octanol–water partition coefficient (Wildman–Crippen LogP) is 5.39. The third kappa shape index (κ3) is 7.47. The molecule has 34 heavy (non-hydrogen) atoms. The van der Waals surface area contributed by atoms with E-state index in [9.17, 15) is 17.6 Å². The number of rotatable bonds is 12. The zero-order valence-electron chi connectivity index (χ0n) is 19.2. The van der Waals surface area contributed by atoms with E-state index < -0.39 is 24.2 Å². The molecule has 186 valence electrons. The van der Waals surface area contributed by atoms with Gasteiger partial charge in [0.15, 0.2) is 23.9 Å². The Morgan fingerprint density at radius 1 is 1.12 bits per heavy atom. The topological polar surface area (TPSA) is 69.9 Å². The Morgan fingerprint density at radius 3 is 2.59 bits per heavy atom. The van der Waals surface area contributed by atoms with E-state index in [0.717, 1.165) is 30.5 Å². The van der Waals surface area contributed by atoms with E-state index in [1.807, 2.05) is 20.1 Å². The summed E-state index contributed by atoms with van der Waals surface area (Å²) in [6, 6.07) is 1.98. The molecule has 0 fully saturated rings. The highest BCUT2D eigenvalue weighted by molar-refractivity contribution is 7.98. The molecule has 0 aliphatic rings. The van der Waals surface area contributed by atoms with Crippen molar-refractivity contribution in [1.82, 2.24) is 19.8 Å². The Hall–Kier alpha value is -2.57. The van der Waals surface area contributed by atoms with Gasteiger partial charge in [-0.1, -0.05) is 0 Å². The summed E-state index contributed by atoms with van der Waals surface area (Å²) in [5, 5.41) is 0. The summed E-state index contributed by atoms with van der Waals surface area (Å²) in [5.74, 6) is -4.79. The molecule has 3 aromatic rings. The van der Waals surface area contributed by atoms with Crippen LogP contribution in [0.3, 0.4) is 0 Å². The Balaban J connectivity index is 1.73. The lowest BCUT2D eigenvalue weighted by atomic mass is 10.0. The maximum Gasteiger partial charge on any atom is 0.278 e. The van der Waals surface area contributed by atoms with Crippen molar-refractivity contribution in [2.24, 2.45) is 0 Å². The van der Waals surface area contributed by atoms with Gasteiger partial charge in [-0.25, -0.2) is 27.5 Å². The van der Waals surface area contributed by atoms with E-state index in [4.69, 9.17) is 14.3 Å². The van der Waals surface area contributed by atoms with Crippen molar-refractivity contribution in [2.45, 2.75) is 45.3 Å². The van der Waals surface area contributed by atoms with Gasteiger partial charge in [-0.3, -0.25) is 4.84 Å². The Labute approximate surface area is 198 Å². The first-order valence-corrected chi connectivity index (χ1v) is 11.7. The van der Waals surface area contributed by atoms with Crippen LogP contribution >= 0.6 is 11.8 Å². The van der Waals surface area contributed by atoms with Crippen molar-refractivity contribution >= 4 is 17.4 Å². The third-order valence-electron chi connectivity index (χ3n) is 4.53. The van der Waals surface area contributed by atoms with E-state index in [0.29, 0.717) is 18.3 Å². The highest BCUT2D eigenvalue weighted by Gasteiger charge is 2.24. The second-order valence-corrected chi connectivity index (χ2v) is 9.40. The highest BCUT2D eigenvalue weighted by atomic mass is 32.2. The van der Waals surface area contributed by atoms with Gasteiger partial charge in [-0.2, -0.15) is 17.2 Å². The Morgan fingerprint density at radius 2 is 1.88 bits per heavy atom. The molecule has 7 nitrogen and oxygen atoms in total. The number of nitrogens with one attached hydrogen (secondary N) is 1. The number of ether oxygens (including phenoxy) is 2. The van der Waals surface area contributed by atoms with E-state index in [-0.39, 0.29) is 29.5 Å². The molecule has 0 aliphatic heterocycles. The molecule has 0 aliphatic carbocycles. The van der Waals surface area contributed by atoms with E-state index in [1.54, 1.807) is 18.0 Å². The minimum atomic E-state index is -3.16. The Kier molecular flexibility index (Phi) is 8.26. The van der Waals surface area contributed by atoms with Crippen LogP contribution in [0.1, 0.15) is 32.9 Å². The van der Waals surface area contributed by atoms with Gasteiger partial charge < -0.3 is 13.9 Å². The zero-order valence-corrected chi connectivity index (χ0v) is 20.0. The largest absolute Gasteiger partial charge is 0.482 e.